The highest BCUT2D eigenvalue weighted by atomic mass is 16.2. The summed E-state index contributed by atoms with van der Waals surface area (Å²) in [4.78, 5) is 31.6. The summed E-state index contributed by atoms with van der Waals surface area (Å²) in [6, 6.07) is 0.319. The van der Waals surface area contributed by atoms with Crippen LogP contribution in [0.2, 0.25) is 0 Å². The highest BCUT2D eigenvalue weighted by Gasteiger charge is 2.30. The van der Waals surface area contributed by atoms with E-state index < -0.39 is 0 Å². The lowest BCUT2D eigenvalue weighted by molar-refractivity contribution is -0.120. The van der Waals surface area contributed by atoms with E-state index in [4.69, 9.17) is 10.1 Å². The zero-order chi connectivity index (χ0) is 20.1. The number of aromatic nitrogens is 2. The van der Waals surface area contributed by atoms with E-state index in [1.165, 1.54) is 12.8 Å². The molecule has 154 valence electrons. The van der Waals surface area contributed by atoms with Gasteiger partial charge in [0.25, 0.3) is 5.91 Å². The molecule has 0 spiro atoms. The third-order valence-corrected chi connectivity index (χ3v) is 5.43. The van der Waals surface area contributed by atoms with Gasteiger partial charge in [-0.3, -0.25) is 9.59 Å². The smallest absolute Gasteiger partial charge is 0.257 e. The van der Waals surface area contributed by atoms with Gasteiger partial charge >= 0.3 is 0 Å². The van der Waals surface area contributed by atoms with E-state index in [9.17, 15) is 9.59 Å². The van der Waals surface area contributed by atoms with Crippen LogP contribution in [0.4, 0.5) is 5.82 Å². The van der Waals surface area contributed by atoms with Gasteiger partial charge < -0.3 is 15.5 Å². The predicted octanol–water partition coefficient (Wildman–Crippen LogP) is 1.83. The standard InChI is InChI=1S/C20H32N6O2/c1-4-16-18-19(26(24-16)15-7-5-6-8-15)23-14(13-22-20(18)28)9-10-17(27)21-11-12-25(2)3/h15H,4-13H2,1-3H3,(H,21,27)(H,22,28). The topological polar surface area (TPSA) is 91.6 Å². The van der Waals surface area contributed by atoms with Gasteiger partial charge in [0.2, 0.25) is 5.91 Å². The predicted molar refractivity (Wildman–Crippen MR) is 109 cm³/mol. The van der Waals surface area contributed by atoms with E-state index in [-0.39, 0.29) is 11.8 Å². The largest absolute Gasteiger partial charge is 0.355 e. The minimum absolute atomic E-state index is 0.0129. The third kappa shape index (κ3) is 4.79. The number of likely N-dealkylation sites (N-methyl/N-ethyl adjacent to an activating group) is 1. The summed E-state index contributed by atoms with van der Waals surface area (Å²) in [5.41, 5.74) is 2.25. The van der Waals surface area contributed by atoms with E-state index in [1.54, 1.807) is 0 Å². The minimum Gasteiger partial charge on any atom is -0.355 e. The van der Waals surface area contributed by atoms with Gasteiger partial charge in [-0.05, 0) is 39.8 Å². The first kappa shape index (κ1) is 20.5. The molecule has 2 N–H and O–H groups in total. The molecule has 8 heteroatoms. The fourth-order valence-electron chi connectivity index (χ4n) is 3.83. The molecule has 0 unspecified atom stereocenters. The first-order chi connectivity index (χ1) is 13.5. The van der Waals surface area contributed by atoms with E-state index in [0.29, 0.717) is 49.8 Å². The van der Waals surface area contributed by atoms with Crippen LogP contribution in [0.15, 0.2) is 4.99 Å². The van der Waals surface area contributed by atoms with Gasteiger partial charge in [-0.2, -0.15) is 5.10 Å². The quantitative estimate of drug-likeness (QED) is 0.711. The SMILES string of the molecule is CCc1nn(C2CCCC2)c2c1C(=O)NCC(CCC(=O)NCCN(C)C)=N2. The summed E-state index contributed by atoms with van der Waals surface area (Å²) < 4.78 is 1.98. The van der Waals surface area contributed by atoms with Crippen molar-refractivity contribution >= 4 is 23.3 Å². The highest BCUT2D eigenvalue weighted by molar-refractivity contribution is 6.05. The molecule has 1 aromatic rings. The molecule has 2 aliphatic rings. The Bertz CT molecular complexity index is 746. The lowest BCUT2D eigenvalue weighted by Gasteiger charge is -2.13. The minimum atomic E-state index is -0.106. The summed E-state index contributed by atoms with van der Waals surface area (Å²) in [7, 11) is 3.95. The van der Waals surface area contributed by atoms with Crippen LogP contribution in [-0.4, -0.2) is 65.9 Å². The first-order valence-corrected chi connectivity index (χ1v) is 10.4. The molecule has 1 saturated carbocycles. The van der Waals surface area contributed by atoms with E-state index >= 15 is 0 Å². The number of nitrogens with zero attached hydrogens (tertiary/aromatic N) is 4. The molecule has 1 fully saturated rings. The number of carbonyl (C=O) groups excluding carboxylic acids is 2. The lowest BCUT2D eigenvalue weighted by Crippen LogP contribution is -2.32. The van der Waals surface area contributed by atoms with Crippen molar-refractivity contribution in [3.63, 3.8) is 0 Å². The average molecular weight is 389 g/mol. The third-order valence-electron chi connectivity index (χ3n) is 5.43. The van der Waals surface area contributed by atoms with Crippen molar-refractivity contribution in [2.45, 2.75) is 57.9 Å². The van der Waals surface area contributed by atoms with Gasteiger partial charge in [-0.15, -0.1) is 0 Å². The van der Waals surface area contributed by atoms with Crippen LogP contribution in [0.1, 0.15) is 67.5 Å². The van der Waals surface area contributed by atoms with Gasteiger partial charge in [-0.1, -0.05) is 19.8 Å². The summed E-state index contributed by atoms with van der Waals surface area (Å²) in [6.45, 7) is 3.84. The molecule has 0 aromatic carbocycles. The first-order valence-electron chi connectivity index (χ1n) is 10.4. The average Bonchev–Trinajstić information content (AvgIpc) is 3.27. The van der Waals surface area contributed by atoms with Crippen molar-refractivity contribution in [1.82, 2.24) is 25.3 Å². The Labute approximate surface area is 166 Å². The number of fused-ring (bicyclic) bond motifs is 1. The second-order valence-electron chi connectivity index (χ2n) is 7.90. The van der Waals surface area contributed by atoms with E-state index in [0.717, 1.165) is 30.8 Å². The number of hydrogen-bond acceptors (Lipinski definition) is 5. The molecule has 8 nitrogen and oxygen atoms in total. The fourth-order valence-corrected chi connectivity index (χ4v) is 3.83. The van der Waals surface area contributed by atoms with Crippen molar-refractivity contribution in [3.05, 3.63) is 11.3 Å². The second-order valence-corrected chi connectivity index (χ2v) is 7.90. The van der Waals surface area contributed by atoms with E-state index in [1.807, 2.05) is 30.6 Å². The molecular weight excluding hydrogens is 356 g/mol. The Balaban J connectivity index is 1.75. The van der Waals surface area contributed by atoms with Crippen LogP contribution in [0, 0.1) is 0 Å². The second kappa shape index (κ2) is 9.32. The van der Waals surface area contributed by atoms with Crippen LogP contribution in [0.5, 0.6) is 0 Å². The summed E-state index contributed by atoms with van der Waals surface area (Å²) in [5, 5.41) is 10.6. The number of carbonyl (C=O) groups is 2. The molecule has 3 rings (SSSR count). The van der Waals surface area contributed by atoms with Crippen LogP contribution in [0.25, 0.3) is 0 Å². The number of amides is 2. The molecule has 0 bridgehead atoms. The van der Waals surface area contributed by atoms with Crippen LogP contribution in [-0.2, 0) is 11.2 Å². The Morgan fingerprint density at radius 2 is 2.07 bits per heavy atom. The Kier molecular flexibility index (Phi) is 6.83. The molecule has 2 heterocycles. The zero-order valence-corrected chi connectivity index (χ0v) is 17.3. The molecule has 0 saturated heterocycles. The Morgan fingerprint density at radius 1 is 1.32 bits per heavy atom. The maximum absolute atomic E-state index is 12.7. The number of aliphatic imine (C=N–C) groups is 1. The van der Waals surface area contributed by atoms with Gasteiger partial charge in [0.1, 0.15) is 5.56 Å². The van der Waals surface area contributed by atoms with Crippen LogP contribution in [0.3, 0.4) is 0 Å². The van der Waals surface area contributed by atoms with Crippen LogP contribution >= 0.6 is 0 Å². The molecule has 28 heavy (non-hydrogen) atoms. The molecule has 1 aliphatic heterocycles. The molecular formula is C20H32N6O2. The number of aryl methyl sites for hydroxylation is 1. The van der Waals surface area contributed by atoms with Gasteiger partial charge in [-0.25, -0.2) is 9.67 Å². The van der Waals surface area contributed by atoms with Crippen molar-refractivity contribution in [1.29, 1.82) is 0 Å². The summed E-state index contributed by atoms with van der Waals surface area (Å²) >= 11 is 0. The monoisotopic (exact) mass is 388 g/mol. The lowest BCUT2D eigenvalue weighted by atomic mass is 10.2. The number of rotatable bonds is 8. The highest BCUT2D eigenvalue weighted by Crippen LogP contribution is 2.36. The molecule has 1 aromatic heterocycles. The molecule has 0 atom stereocenters. The van der Waals surface area contributed by atoms with Crippen molar-refractivity contribution in [3.8, 4) is 0 Å². The molecule has 2 amide bonds. The van der Waals surface area contributed by atoms with Crippen molar-refractivity contribution in [2.75, 3.05) is 33.7 Å². The maximum Gasteiger partial charge on any atom is 0.257 e. The Hall–Kier alpha value is -2.22. The van der Waals surface area contributed by atoms with Gasteiger partial charge in [0.15, 0.2) is 5.82 Å². The van der Waals surface area contributed by atoms with Crippen molar-refractivity contribution in [2.24, 2.45) is 4.99 Å². The van der Waals surface area contributed by atoms with Crippen LogP contribution < -0.4 is 10.6 Å². The number of nitrogens with one attached hydrogen (secondary N) is 2. The Morgan fingerprint density at radius 3 is 2.75 bits per heavy atom. The van der Waals surface area contributed by atoms with Gasteiger partial charge in [0, 0.05) is 25.2 Å². The van der Waals surface area contributed by atoms with Crippen molar-refractivity contribution < 1.29 is 9.59 Å². The normalized spacial score (nSPS) is 17.3. The van der Waals surface area contributed by atoms with E-state index in [2.05, 4.69) is 10.6 Å². The summed E-state index contributed by atoms with van der Waals surface area (Å²) in [5.74, 6) is 0.589. The zero-order valence-electron chi connectivity index (χ0n) is 17.3. The summed E-state index contributed by atoms with van der Waals surface area (Å²) in [6.07, 6.45) is 6.15. The molecule has 0 radical (unpaired) electrons. The molecule has 1 aliphatic carbocycles. The fraction of sp³-hybridized carbons (Fsp3) is 0.700. The maximum atomic E-state index is 12.7. The van der Waals surface area contributed by atoms with Gasteiger partial charge in [0.05, 0.1) is 18.3 Å². The number of hydrogen-bond donors (Lipinski definition) is 2.